The molecule has 0 aliphatic carbocycles. The van der Waals surface area contributed by atoms with Crippen molar-refractivity contribution in [3.05, 3.63) is 69.1 Å². The van der Waals surface area contributed by atoms with Crippen molar-refractivity contribution < 1.29 is 9.53 Å². The number of rotatable bonds is 8. The fraction of sp³-hybridized carbons (Fsp3) is 0.278. The van der Waals surface area contributed by atoms with Crippen molar-refractivity contribution >= 4 is 18.1 Å². The van der Waals surface area contributed by atoms with E-state index in [4.69, 9.17) is 17.0 Å². The molecular formula is C18H20N6O3S. The Balaban J connectivity index is 1.55. The summed E-state index contributed by atoms with van der Waals surface area (Å²) in [4.78, 5) is 24.3. The Morgan fingerprint density at radius 3 is 2.75 bits per heavy atom. The quantitative estimate of drug-likeness (QED) is 0.548. The van der Waals surface area contributed by atoms with Crippen LogP contribution in [0.5, 0.6) is 5.75 Å². The molecule has 0 atom stereocenters. The molecule has 3 rings (SSSR count). The van der Waals surface area contributed by atoms with Crippen molar-refractivity contribution in [2.75, 3.05) is 13.2 Å². The molecule has 0 saturated heterocycles. The van der Waals surface area contributed by atoms with Crippen molar-refractivity contribution in [3.8, 4) is 5.75 Å². The molecule has 10 heteroatoms. The van der Waals surface area contributed by atoms with Crippen LogP contribution in [0.4, 0.5) is 0 Å². The molecule has 1 amide bonds. The molecule has 146 valence electrons. The zero-order valence-electron chi connectivity index (χ0n) is 15.3. The molecule has 2 heterocycles. The van der Waals surface area contributed by atoms with Crippen molar-refractivity contribution in [2.24, 2.45) is 7.05 Å². The van der Waals surface area contributed by atoms with Gasteiger partial charge in [-0.05, 0) is 30.4 Å². The van der Waals surface area contributed by atoms with E-state index in [9.17, 15) is 9.59 Å². The standard InChI is InChI=1S/C18H20N6O3S/c1-23-15(20-21-18(23)28)9-10-19-17(26)14-7-8-16(25)24(22-14)11-12-27-13-5-3-2-4-6-13/h2-8H,9-12H2,1H3,(H,19,26)(H,21,28). The predicted octanol–water partition coefficient (Wildman–Crippen LogP) is 1.09. The van der Waals surface area contributed by atoms with E-state index in [1.165, 1.54) is 16.8 Å². The van der Waals surface area contributed by atoms with Crippen LogP contribution in [0.2, 0.25) is 0 Å². The van der Waals surface area contributed by atoms with Gasteiger partial charge in [-0.25, -0.2) is 4.68 Å². The number of benzene rings is 1. The summed E-state index contributed by atoms with van der Waals surface area (Å²) in [6, 6.07) is 12.0. The van der Waals surface area contributed by atoms with Crippen molar-refractivity contribution in [2.45, 2.75) is 13.0 Å². The maximum Gasteiger partial charge on any atom is 0.271 e. The number of hydrogen-bond acceptors (Lipinski definition) is 6. The molecule has 28 heavy (non-hydrogen) atoms. The van der Waals surface area contributed by atoms with Crippen LogP contribution in [-0.2, 0) is 20.0 Å². The van der Waals surface area contributed by atoms with Gasteiger partial charge < -0.3 is 14.6 Å². The Bertz CT molecular complexity index is 1060. The number of hydrogen-bond donors (Lipinski definition) is 2. The van der Waals surface area contributed by atoms with Crippen molar-refractivity contribution in [3.63, 3.8) is 0 Å². The smallest absolute Gasteiger partial charge is 0.271 e. The zero-order chi connectivity index (χ0) is 19.9. The van der Waals surface area contributed by atoms with Crippen LogP contribution >= 0.6 is 12.2 Å². The average Bonchev–Trinajstić information content (AvgIpc) is 3.02. The van der Waals surface area contributed by atoms with Gasteiger partial charge in [0.2, 0.25) is 0 Å². The summed E-state index contributed by atoms with van der Waals surface area (Å²) in [7, 11) is 1.80. The van der Waals surface area contributed by atoms with E-state index in [0.29, 0.717) is 23.5 Å². The molecule has 0 bridgehead atoms. The number of nitrogens with zero attached hydrogens (tertiary/aromatic N) is 4. The van der Waals surface area contributed by atoms with Gasteiger partial charge in [0, 0.05) is 26.1 Å². The lowest BCUT2D eigenvalue weighted by molar-refractivity contribution is 0.0946. The SMILES string of the molecule is Cn1c(CCNC(=O)c2ccc(=O)n(CCOc3ccccc3)n2)n[nH]c1=S. The van der Waals surface area contributed by atoms with Gasteiger partial charge in [-0.15, -0.1) is 0 Å². The maximum absolute atomic E-state index is 12.3. The Kier molecular flexibility index (Phi) is 6.33. The van der Waals surface area contributed by atoms with Crippen LogP contribution in [0, 0.1) is 4.77 Å². The molecule has 1 aromatic carbocycles. The fourth-order valence-electron chi connectivity index (χ4n) is 2.48. The topological polar surface area (TPSA) is 107 Å². The highest BCUT2D eigenvalue weighted by atomic mass is 32.1. The summed E-state index contributed by atoms with van der Waals surface area (Å²) >= 11 is 5.05. The molecule has 0 radical (unpaired) electrons. The normalized spacial score (nSPS) is 10.6. The molecule has 2 N–H and O–H groups in total. The van der Waals surface area contributed by atoms with E-state index in [2.05, 4.69) is 20.6 Å². The first-order chi connectivity index (χ1) is 13.5. The second-order valence-electron chi connectivity index (χ2n) is 5.95. The minimum atomic E-state index is -0.366. The summed E-state index contributed by atoms with van der Waals surface area (Å²) < 4.78 is 9.05. The number of aromatic nitrogens is 5. The minimum Gasteiger partial charge on any atom is -0.492 e. The number of H-pyrrole nitrogens is 1. The van der Waals surface area contributed by atoms with E-state index in [0.717, 1.165) is 5.82 Å². The van der Waals surface area contributed by atoms with Crippen molar-refractivity contribution in [1.29, 1.82) is 0 Å². The first-order valence-corrected chi connectivity index (χ1v) is 9.10. The predicted molar refractivity (Wildman–Crippen MR) is 105 cm³/mol. The molecule has 0 spiro atoms. The number of carbonyl (C=O) groups is 1. The van der Waals surface area contributed by atoms with Gasteiger partial charge in [0.05, 0.1) is 6.54 Å². The van der Waals surface area contributed by atoms with Crippen LogP contribution in [0.15, 0.2) is 47.3 Å². The average molecular weight is 400 g/mol. The highest BCUT2D eigenvalue weighted by molar-refractivity contribution is 7.71. The third-order valence-electron chi connectivity index (χ3n) is 4.02. The van der Waals surface area contributed by atoms with Crippen LogP contribution in [0.1, 0.15) is 16.3 Å². The molecule has 2 aromatic heterocycles. The summed E-state index contributed by atoms with van der Waals surface area (Å²) in [6.07, 6.45) is 0.514. The van der Waals surface area contributed by atoms with E-state index in [-0.39, 0.29) is 30.3 Å². The largest absolute Gasteiger partial charge is 0.492 e. The monoisotopic (exact) mass is 400 g/mol. The van der Waals surface area contributed by atoms with Crippen LogP contribution in [0.25, 0.3) is 0 Å². The van der Waals surface area contributed by atoms with Crippen LogP contribution < -0.4 is 15.6 Å². The van der Waals surface area contributed by atoms with Crippen LogP contribution in [0.3, 0.4) is 0 Å². The van der Waals surface area contributed by atoms with E-state index >= 15 is 0 Å². The molecule has 3 aromatic rings. The highest BCUT2D eigenvalue weighted by Gasteiger charge is 2.10. The lowest BCUT2D eigenvalue weighted by Gasteiger charge is -2.09. The molecule has 0 aliphatic rings. The highest BCUT2D eigenvalue weighted by Crippen LogP contribution is 2.07. The summed E-state index contributed by atoms with van der Waals surface area (Å²) in [5.41, 5.74) is -0.135. The summed E-state index contributed by atoms with van der Waals surface area (Å²) in [5, 5.41) is 13.7. The first-order valence-electron chi connectivity index (χ1n) is 8.69. The van der Waals surface area contributed by atoms with E-state index in [1.54, 1.807) is 11.6 Å². The molecule has 0 aliphatic heterocycles. The van der Waals surface area contributed by atoms with E-state index in [1.807, 2.05) is 30.3 Å². The first kappa shape index (κ1) is 19.5. The summed E-state index contributed by atoms with van der Waals surface area (Å²) in [5.74, 6) is 1.08. The lowest BCUT2D eigenvalue weighted by Crippen LogP contribution is -2.31. The summed E-state index contributed by atoms with van der Waals surface area (Å²) in [6.45, 7) is 0.866. The second kappa shape index (κ2) is 9.09. The zero-order valence-corrected chi connectivity index (χ0v) is 16.1. The van der Waals surface area contributed by atoms with Gasteiger partial charge in [-0.2, -0.15) is 10.2 Å². The Morgan fingerprint density at radius 1 is 1.25 bits per heavy atom. The number of carbonyl (C=O) groups excluding carboxylic acids is 1. The third kappa shape index (κ3) is 4.92. The fourth-order valence-corrected chi connectivity index (χ4v) is 2.63. The van der Waals surface area contributed by atoms with Gasteiger partial charge in [-0.1, -0.05) is 18.2 Å². The van der Waals surface area contributed by atoms with Gasteiger partial charge in [0.25, 0.3) is 11.5 Å². The minimum absolute atomic E-state index is 0.162. The molecular weight excluding hydrogens is 380 g/mol. The van der Waals surface area contributed by atoms with Gasteiger partial charge in [-0.3, -0.25) is 14.7 Å². The second-order valence-corrected chi connectivity index (χ2v) is 6.34. The number of nitrogens with one attached hydrogen (secondary N) is 2. The number of amides is 1. The maximum atomic E-state index is 12.3. The van der Waals surface area contributed by atoms with Gasteiger partial charge >= 0.3 is 0 Å². The van der Waals surface area contributed by atoms with Crippen molar-refractivity contribution in [1.82, 2.24) is 29.9 Å². The third-order valence-corrected chi connectivity index (χ3v) is 4.39. The molecule has 9 nitrogen and oxygen atoms in total. The number of para-hydroxylation sites is 1. The van der Waals surface area contributed by atoms with Crippen LogP contribution in [-0.4, -0.2) is 43.6 Å². The molecule has 0 unspecified atom stereocenters. The molecule has 0 saturated carbocycles. The van der Waals surface area contributed by atoms with E-state index < -0.39 is 0 Å². The number of aromatic amines is 1. The van der Waals surface area contributed by atoms with Gasteiger partial charge in [0.1, 0.15) is 23.9 Å². The lowest BCUT2D eigenvalue weighted by atomic mass is 10.3. The van der Waals surface area contributed by atoms with Gasteiger partial charge in [0.15, 0.2) is 4.77 Å². The Hall–Kier alpha value is -3.27. The Morgan fingerprint density at radius 2 is 2.04 bits per heavy atom. The Labute approximate surface area is 166 Å². The molecule has 0 fully saturated rings. The number of ether oxygens (including phenoxy) is 1.